The highest BCUT2D eigenvalue weighted by Crippen LogP contribution is 2.22. The van der Waals surface area contributed by atoms with Crippen molar-refractivity contribution in [1.82, 2.24) is 4.98 Å². The summed E-state index contributed by atoms with van der Waals surface area (Å²) in [6.07, 6.45) is 1.79. The van der Waals surface area contributed by atoms with Crippen LogP contribution in [0.3, 0.4) is 0 Å². The van der Waals surface area contributed by atoms with Crippen LogP contribution in [0.15, 0.2) is 42.6 Å². The normalized spacial score (nSPS) is 10.1. The van der Waals surface area contributed by atoms with Gasteiger partial charge >= 0.3 is 0 Å². The summed E-state index contributed by atoms with van der Waals surface area (Å²) in [6.45, 7) is 2.71. The Balaban J connectivity index is 2.05. The molecule has 2 aromatic rings. The number of rotatable bonds is 3. The number of halogens is 1. The molecule has 3 heteroatoms. The Hall–Kier alpha value is -1.54. The first-order valence-corrected chi connectivity index (χ1v) is 5.53. The molecule has 2 rings (SSSR count). The van der Waals surface area contributed by atoms with Crippen molar-refractivity contribution in [3.05, 3.63) is 58.9 Å². The summed E-state index contributed by atoms with van der Waals surface area (Å²) >= 11 is 6.11. The molecule has 82 valence electrons. The molecule has 0 saturated carbocycles. The summed E-state index contributed by atoms with van der Waals surface area (Å²) in [5.74, 6) is 0. The van der Waals surface area contributed by atoms with Crippen LogP contribution >= 0.6 is 11.6 Å². The van der Waals surface area contributed by atoms with Gasteiger partial charge in [0, 0.05) is 6.20 Å². The monoisotopic (exact) mass is 232 g/mol. The van der Waals surface area contributed by atoms with E-state index in [-0.39, 0.29) is 0 Å². The zero-order valence-corrected chi connectivity index (χ0v) is 9.83. The second kappa shape index (κ2) is 4.99. The van der Waals surface area contributed by atoms with Gasteiger partial charge in [-0.25, -0.2) is 0 Å². The molecule has 0 aliphatic heterocycles. The van der Waals surface area contributed by atoms with Gasteiger partial charge in [-0.2, -0.15) is 0 Å². The molecule has 1 aromatic carbocycles. The first-order valence-electron chi connectivity index (χ1n) is 5.15. The fourth-order valence-electron chi connectivity index (χ4n) is 1.45. The number of pyridine rings is 1. The van der Waals surface area contributed by atoms with Crippen LogP contribution < -0.4 is 5.32 Å². The van der Waals surface area contributed by atoms with Crippen molar-refractivity contribution in [2.45, 2.75) is 13.5 Å². The third-order valence-corrected chi connectivity index (χ3v) is 2.62. The van der Waals surface area contributed by atoms with E-state index in [9.17, 15) is 0 Å². The molecule has 0 amide bonds. The second-order valence-electron chi connectivity index (χ2n) is 3.66. The van der Waals surface area contributed by atoms with Crippen LogP contribution in [0.1, 0.15) is 11.3 Å². The van der Waals surface area contributed by atoms with Crippen LogP contribution in [-0.4, -0.2) is 4.98 Å². The fourth-order valence-corrected chi connectivity index (χ4v) is 1.75. The van der Waals surface area contributed by atoms with Crippen molar-refractivity contribution in [2.24, 2.45) is 0 Å². The van der Waals surface area contributed by atoms with Gasteiger partial charge in [0.2, 0.25) is 0 Å². The van der Waals surface area contributed by atoms with E-state index in [0.717, 1.165) is 22.0 Å². The number of nitrogens with zero attached hydrogens (tertiary/aromatic N) is 1. The Kier molecular flexibility index (Phi) is 3.42. The van der Waals surface area contributed by atoms with E-state index in [1.807, 2.05) is 43.3 Å². The standard InChI is InChI=1S/C13H13ClN2/c1-10-5-6-13(12(14)8-10)16-9-11-4-2-3-7-15-11/h2-8,16H,9H2,1H3. The van der Waals surface area contributed by atoms with Crippen molar-refractivity contribution in [3.63, 3.8) is 0 Å². The van der Waals surface area contributed by atoms with Crippen molar-refractivity contribution >= 4 is 17.3 Å². The van der Waals surface area contributed by atoms with Crippen LogP contribution in [0.4, 0.5) is 5.69 Å². The van der Waals surface area contributed by atoms with Gasteiger partial charge in [-0.05, 0) is 36.8 Å². The van der Waals surface area contributed by atoms with Crippen molar-refractivity contribution < 1.29 is 0 Å². The largest absolute Gasteiger partial charge is 0.378 e. The zero-order chi connectivity index (χ0) is 11.4. The van der Waals surface area contributed by atoms with Crippen LogP contribution in [-0.2, 0) is 6.54 Å². The van der Waals surface area contributed by atoms with Crippen LogP contribution in [0, 0.1) is 6.92 Å². The molecule has 0 unspecified atom stereocenters. The molecule has 1 aromatic heterocycles. The molecule has 0 fully saturated rings. The lowest BCUT2D eigenvalue weighted by Gasteiger charge is -2.08. The predicted octanol–water partition coefficient (Wildman–Crippen LogP) is 3.66. The highest BCUT2D eigenvalue weighted by Gasteiger charge is 2.00. The predicted molar refractivity (Wildman–Crippen MR) is 67.8 cm³/mol. The minimum Gasteiger partial charge on any atom is -0.378 e. The number of benzene rings is 1. The Labute approximate surface area is 100 Å². The topological polar surface area (TPSA) is 24.9 Å². The van der Waals surface area contributed by atoms with Gasteiger partial charge in [-0.1, -0.05) is 23.7 Å². The summed E-state index contributed by atoms with van der Waals surface area (Å²) in [5.41, 5.74) is 3.10. The molecule has 0 atom stereocenters. The summed E-state index contributed by atoms with van der Waals surface area (Å²) in [4.78, 5) is 4.24. The highest BCUT2D eigenvalue weighted by atomic mass is 35.5. The number of anilines is 1. The average Bonchev–Trinajstić information content (AvgIpc) is 2.29. The van der Waals surface area contributed by atoms with Crippen LogP contribution in [0.5, 0.6) is 0 Å². The maximum absolute atomic E-state index is 6.11. The molecule has 2 nitrogen and oxygen atoms in total. The van der Waals surface area contributed by atoms with Gasteiger partial charge in [-0.3, -0.25) is 4.98 Å². The zero-order valence-electron chi connectivity index (χ0n) is 9.07. The van der Waals surface area contributed by atoms with Crippen LogP contribution in [0.25, 0.3) is 0 Å². The SMILES string of the molecule is Cc1ccc(NCc2ccccn2)c(Cl)c1. The Morgan fingerprint density at radius 2 is 2.12 bits per heavy atom. The van der Waals surface area contributed by atoms with E-state index >= 15 is 0 Å². The summed E-state index contributed by atoms with van der Waals surface area (Å²) in [5, 5.41) is 4.01. The van der Waals surface area contributed by atoms with Gasteiger partial charge < -0.3 is 5.32 Å². The van der Waals surface area contributed by atoms with Crippen molar-refractivity contribution in [1.29, 1.82) is 0 Å². The van der Waals surface area contributed by atoms with Crippen molar-refractivity contribution in [2.75, 3.05) is 5.32 Å². The van der Waals surface area contributed by atoms with E-state index in [1.54, 1.807) is 6.20 Å². The lowest BCUT2D eigenvalue weighted by Crippen LogP contribution is -2.01. The number of nitrogens with one attached hydrogen (secondary N) is 1. The van der Waals surface area contributed by atoms with E-state index in [4.69, 9.17) is 11.6 Å². The lowest BCUT2D eigenvalue weighted by atomic mass is 10.2. The smallest absolute Gasteiger partial charge is 0.0640 e. The van der Waals surface area contributed by atoms with Gasteiger partial charge in [0.25, 0.3) is 0 Å². The first kappa shape index (κ1) is 11.0. The third kappa shape index (κ3) is 2.74. The Morgan fingerprint density at radius 1 is 1.25 bits per heavy atom. The lowest BCUT2D eigenvalue weighted by molar-refractivity contribution is 1.05. The quantitative estimate of drug-likeness (QED) is 0.874. The molecule has 1 heterocycles. The number of hydrogen-bond acceptors (Lipinski definition) is 2. The number of aromatic nitrogens is 1. The number of hydrogen-bond donors (Lipinski definition) is 1. The molecular weight excluding hydrogens is 220 g/mol. The van der Waals surface area contributed by atoms with E-state index in [1.165, 1.54) is 0 Å². The molecule has 0 radical (unpaired) electrons. The minimum atomic E-state index is 0.684. The third-order valence-electron chi connectivity index (χ3n) is 2.31. The van der Waals surface area contributed by atoms with Crippen molar-refractivity contribution in [3.8, 4) is 0 Å². The van der Waals surface area contributed by atoms with Gasteiger partial charge in [0.1, 0.15) is 0 Å². The molecule has 0 saturated heterocycles. The highest BCUT2D eigenvalue weighted by molar-refractivity contribution is 6.33. The fraction of sp³-hybridized carbons (Fsp3) is 0.154. The minimum absolute atomic E-state index is 0.684. The molecular formula is C13H13ClN2. The molecule has 0 aliphatic rings. The molecule has 0 aliphatic carbocycles. The maximum atomic E-state index is 6.11. The first-order chi connectivity index (χ1) is 7.75. The van der Waals surface area contributed by atoms with Crippen LogP contribution in [0.2, 0.25) is 5.02 Å². The van der Waals surface area contributed by atoms with E-state index < -0.39 is 0 Å². The van der Waals surface area contributed by atoms with E-state index in [2.05, 4.69) is 10.3 Å². The molecule has 0 spiro atoms. The van der Waals surface area contributed by atoms with Gasteiger partial charge in [0.05, 0.1) is 22.9 Å². The molecule has 0 bridgehead atoms. The molecule has 16 heavy (non-hydrogen) atoms. The summed E-state index contributed by atoms with van der Waals surface area (Å²) in [7, 11) is 0. The van der Waals surface area contributed by atoms with Gasteiger partial charge in [0.15, 0.2) is 0 Å². The number of aryl methyl sites for hydroxylation is 1. The average molecular weight is 233 g/mol. The second-order valence-corrected chi connectivity index (χ2v) is 4.07. The van der Waals surface area contributed by atoms with Gasteiger partial charge in [-0.15, -0.1) is 0 Å². The Bertz CT molecular complexity index is 469. The summed E-state index contributed by atoms with van der Waals surface area (Å²) < 4.78 is 0. The van der Waals surface area contributed by atoms with E-state index in [0.29, 0.717) is 6.54 Å². The maximum Gasteiger partial charge on any atom is 0.0640 e. The Morgan fingerprint density at radius 3 is 2.81 bits per heavy atom. The molecule has 1 N–H and O–H groups in total. The summed E-state index contributed by atoms with van der Waals surface area (Å²) in [6, 6.07) is 11.8.